The van der Waals surface area contributed by atoms with Gasteiger partial charge in [-0.3, -0.25) is 0 Å². The van der Waals surface area contributed by atoms with Crippen LogP contribution < -0.4 is 5.84 Å². The Labute approximate surface area is 149 Å². The number of hydrogen-bond acceptors (Lipinski definition) is 5. The Morgan fingerprint density at radius 3 is 2.64 bits per heavy atom. The molecule has 0 atom stereocenters. The maximum atomic E-state index is 6.18. The van der Waals surface area contributed by atoms with Gasteiger partial charge in [0.05, 0.1) is 5.69 Å². The fraction of sp³-hybridized carbons (Fsp3) is 0.167. The Bertz CT molecular complexity index is 1030. The Hall–Kier alpha value is -2.80. The summed E-state index contributed by atoms with van der Waals surface area (Å²) in [5.41, 5.74) is 5.27. The number of pyridine rings is 1. The molecule has 6 nitrogen and oxygen atoms in total. The van der Waals surface area contributed by atoms with E-state index in [0.717, 1.165) is 22.5 Å². The molecule has 126 valence electrons. The molecule has 4 aromatic rings. The first-order valence-electron chi connectivity index (χ1n) is 7.95. The van der Waals surface area contributed by atoms with Gasteiger partial charge in [-0.05, 0) is 25.5 Å². The van der Waals surface area contributed by atoms with Crippen LogP contribution in [0.3, 0.4) is 0 Å². The van der Waals surface area contributed by atoms with Gasteiger partial charge in [-0.15, -0.1) is 10.2 Å². The second-order valence-electron chi connectivity index (χ2n) is 5.99. The summed E-state index contributed by atoms with van der Waals surface area (Å²) in [6.45, 7) is 4.11. The molecule has 0 radical (unpaired) electrons. The van der Waals surface area contributed by atoms with E-state index < -0.39 is 0 Å². The molecule has 0 unspecified atom stereocenters. The lowest BCUT2D eigenvalue weighted by atomic mass is 10.1. The fourth-order valence-electron chi connectivity index (χ4n) is 2.69. The van der Waals surface area contributed by atoms with Crippen LogP contribution in [-0.4, -0.2) is 24.3 Å². The van der Waals surface area contributed by atoms with Gasteiger partial charge in [-0.2, -0.15) is 0 Å². The third-order valence-corrected chi connectivity index (χ3v) is 5.03. The lowest BCUT2D eigenvalue weighted by molar-refractivity contribution is 0.849. The van der Waals surface area contributed by atoms with Crippen molar-refractivity contribution >= 4 is 17.4 Å². The highest BCUT2D eigenvalue weighted by atomic mass is 32.2. The van der Waals surface area contributed by atoms with Gasteiger partial charge >= 0.3 is 0 Å². The zero-order chi connectivity index (χ0) is 17.4. The zero-order valence-corrected chi connectivity index (χ0v) is 14.9. The molecular formula is C18H18N6S. The molecule has 0 aliphatic rings. The lowest BCUT2D eigenvalue weighted by Crippen LogP contribution is -2.11. The third-order valence-electron chi connectivity index (χ3n) is 4.05. The van der Waals surface area contributed by atoms with Gasteiger partial charge < -0.3 is 10.2 Å². The molecule has 0 spiro atoms. The first-order valence-corrected chi connectivity index (χ1v) is 8.94. The molecule has 3 heterocycles. The van der Waals surface area contributed by atoms with Crippen molar-refractivity contribution in [3.8, 4) is 11.4 Å². The molecule has 25 heavy (non-hydrogen) atoms. The number of aryl methyl sites for hydroxylation is 2. The van der Waals surface area contributed by atoms with Crippen LogP contribution in [0, 0.1) is 13.8 Å². The van der Waals surface area contributed by atoms with Gasteiger partial charge in [0.25, 0.3) is 0 Å². The van der Waals surface area contributed by atoms with Crippen LogP contribution >= 0.6 is 11.8 Å². The van der Waals surface area contributed by atoms with E-state index in [-0.39, 0.29) is 0 Å². The second-order valence-corrected chi connectivity index (χ2v) is 6.93. The number of imidazole rings is 1. The van der Waals surface area contributed by atoms with Crippen molar-refractivity contribution in [1.82, 2.24) is 24.3 Å². The largest absolute Gasteiger partial charge is 0.335 e. The van der Waals surface area contributed by atoms with Gasteiger partial charge in [-0.1, -0.05) is 47.7 Å². The second kappa shape index (κ2) is 6.25. The molecule has 0 saturated heterocycles. The van der Waals surface area contributed by atoms with Crippen molar-refractivity contribution in [2.45, 2.75) is 24.8 Å². The van der Waals surface area contributed by atoms with E-state index in [1.54, 1.807) is 0 Å². The average Bonchev–Trinajstić information content (AvgIpc) is 3.18. The molecule has 7 heteroatoms. The summed E-state index contributed by atoms with van der Waals surface area (Å²) >= 11 is 1.53. The number of benzene rings is 1. The minimum Gasteiger partial charge on any atom is -0.335 e. The average molecular weight is 350 g/mol. The third kappa shape index (κ3) is 2.98. The number of rotatable bonds is 4. The monoisotopic (exact) mass is 350 g/mol. The van der Waals surface area contributed by atoms with Gasteiger partial charge in [0.2, 0.25) is 5.16 Å². The molecule has 0 saturated carbocycles. The summed E-state index contributed by atoms with van der Waals surface area (Å²) in [4.78, 5) is 4.68. The zero-order valence-electron chi connectivity index (χ0n) is 14.0. The Kier molecular flexibility index (Phi) is 3.93. The number of nitrogens with zero attached hydrogens (tertiary/aromatic N) is 5. The van der Waals surface area contributed by atoms with Gasteiger partial charge in [-0.25, -0.2) is 9.66 Å². The summed E-state index contributed by atoms with van der Waals surface area (Å²) in [5.74, 6) is 7.53. The Morgan fingerprint density at radius 2 is 1.88 bits per heavy atom. The normalized spacial score (nSPS) is 11.3. The molecule has 3 aromatic heterocycles. The molecule has 4 rings (SSSR count). The SMILES string of the molecule is Cc1ccc(-c2nnc(SCc3cn4cccc(C)c4n3)n2N)cc1. The number of aromatic nitrogens is 5. The van der Waals surface area contributed by atoms with Crippen molar-refractivity contribution in [3.05, 3.63) is 65.6 Å². The van der Waals surface area contributed by atoms with E-state index in [2.05, 4.69) is 35.1 Å². The maximum absolute atomic E-state index is 6.18. The van der Waals surface area contributed by atoms with Gasteiger partial charge in [0, 0.05) is 23.7 Å². The first-order chi connectivity index (χ1) is 12.1. The molecule has 1 aromatic carbocycles. The minimum atomic E-state index is 0.661. The van der Waals surface area contributed by atoms with E-state index in [4.69, 9.17) is 5.84 Å². The summed E-state index contributed by atoms with van der Waals surface area (Å²) in [7, 11) is 0. The molecule has 0 aliphatic carbocycles. The van der Waals surface area contributed by atoms with Gasteiger partial charge in [0.1, 0.15) is 5.65 Å². The van der Waals surface area contributed by atoms with E-state index in [1.807, 2.05) is 47.1 Å². The van der Waals surface area contributed by atoms with Crippen molar-refractivity contribution in [3.63, 3.8) is 0 Å². The molecule has 0 aliphatic heterocycles. The highest BCUT2D eigenvalue weighted by molar-refractivity contribution is 7.98. The lowest BCUT2D eigenvalue weighted by Gasteiger charge is -2.03. The van der Waals surface area contributed by atoms with Crippen LogP contribution in [0.2, 0.25) is 0 Å². The highest BCUT2D eigenvalue weighted by Gasteiger charge is 2.13. The van der Waals surface area contributed by atoms with Crippen LogP contribution in [0.1, 0.15) is 16.8 Å². The molecule has 0 fully saturated rings. The predicted molar refractivity (Wildman–Crippen MR) is 99.8 cm³/mol. The number of nitrogens with two attached hydrogens (primary N) is 1. The van der Waals surface area contributed by atoms with Crippen molar-refractivity contribution in [2.75, 3.05) is 5.84 Å². The van der Waals surface area contributed by atoms with Crippen molar-refractivity contribution in [1.29, 1.82) is 0 Å². The number of fused-ring (bicyclic) bond motifs is 1. The van der Waals surface area contributed by atoms with Gasteiger partial charge in [0.15, 0.2) is 5.82 Å². The van der Waals surface area contributed by atoms with Crippen LogP contribution in [0.25, 0.3) is 17.0 Å². The number of thioether (sulfide) groups is 1. The quantitative estimate of drug-likeness (QED) is 0.452. The predicted octanol–water partition coefficient (Wildman–Crippen LogP) is 3.22. The van der Waals surface area contributed by atoms with Crippen LogP contribution in [0.5, 0.6) is 0 Å². The molecule has 0 amide bonds. The first kappa shape index (κ1) is 15.7. The summed E-state index contributed by atoms with van der Waals surface area (Å²) in [6.07, 6.45) is 4.04. The van der Waals surface area contributed by atoms with Crippen molar-refractivity contribution < 1.29 is 0 Å². The fourth-order valence-corrected chi connectivity index (χ4v) is 3.43. The Balaban J connectivity index is 1.55. The maximum Gasteiger partial charge on any atom is 0.210 e. The smallest absolute Gasteiger partial charge is 0.210 e. The van der Waals surface area contributed by atoms with E-state index in [0.29, 0.717) is 16.7 Å². The standard InChI is InChI=1S/C18H18N6S/c1-12-5-7-14(8-6-12)17-21-22-18(24(17)19)25-11-15-10-23-9-3-4-13(2)16(23)20-15/h3-10H,11,19H2,1-2H3. The van der Waals surface area contributed by atoms with E-state index in [9.17, 15) is 0 Å². The Morgan fingerprint density at radius 1 is 1.08 bits per heavy atom. The number of nitrogen functional groups attached to an aromatic ring is 1. The van der Waals surface area contributed by atoms with Crippen LogP contribution in [-0.2, 0) is 5.75 Å². The van der Waals surface area contributed by atoms with E-state index in [1.165, 1.54) is 22.0 Å². The summed E-state index contributed by atoms with van der Waals surface area (Å²) < 4.78 is 3.58. The van der Waals surface area contributed by atoms with Crippen LogP contribution in [0.15, 0.2) is 53.9 Å². The van der Waals surface area contributed by atoms with Crippen molar-refractivity contribution in [2.24, 2.45) is 0 Å². The van der Waals surface area contributed by atoms with E-state index >= 15 is 0 Å². The highest BCUT2D eigenvalue weighted by Crippen LogP contribution is 2.24. The summed E-state index contributed by atoms with van der Waals surface area (Å²) in [6, 6.07) is 12.2. The molecule has 2 N–H and O–H groups in total. The topological polar surface area (TPSA) is 74.0 Å². The van der Waals surface area contributed by atoms with Crippen LogP contribution in [0.4, 0.5) is 0 Å². The molecule has 0 bridgehead atoms. The summed E-state index contributed by atoms with van der Waals surface area (Å²) in [5, 5.41) is 9.11. The minimum absolute atomic E-state index is 0.661. The molecular weight excluding hydrogens is 332 g/mol. The number of hydrogen-bond donors (Lipinski definition) is 1.